The Bertz CT molecular complexity index is 1370. The van der Waals surface area contributed by atoms with E-state index >= 15 is 0 Å². The zero-order valence-electron chi connectivity index (χ0n) is 33.7. The number of aromatic nitrogens is 2. The largest absolute Gasteiger partial charge is 2.00 e. The van der Waals surface area contributed by atoms with Crippen LogP contribution in [-0.2, 0) is 53.3 Å². The van der Waals surface area contributed by atoms with Crippen molar-refractivity contribution in [2.45, 2.75) is 103 Å². The minimum absolute atomic E-state index is 0. The first-order valence-corrected chi connectivity index (χ1v) is 31.8. The van der Waals surface area contributed by atoms with Gasteiger partial charge in [-0.25, -0.2) is 0 Å². The predicted molar refractivity (Wildman–Crippen MR) is 216 cm³/mol. The Morgan fingerprint density at radius 3 is 0.778 bits per heavy atom. The minimum Gasteiger partial charge on any atom is -0.550 e. The molecule has 0 saturated carbocycles. The van der Waals surface area contributed by atoms with Crippen LogP contribution < -0.4 is 20.4 Å². The van der Waals surface area contributed by atoms with Crippen LogP contribution in [0, 0.1) is 0 Å². The average molecular weight is 910 g/mol. The van der Waals surface area contributed by atoms with E-state index in [1.54, 1.807) is 0 Å². The van der Waals surface area contributed by atoms with Crippen LogP contribution in [0.15, 0.2) is 85.2 Å². The maximum absolute atomic E-state index is 9.94. The maximum Gasteiger partial charge on any atom is 2.00 e. The third kappa shape index (κ3) is 40.2. The van der Waals surface area contributed by atoms with Crippen molar-refractivity contribution in [3.8, 4) is 0 Å². The van der Waals surface area contributed by atoms with E-state index in [1.807, 2.05) is 139 Å². The molecule has 10 nitrogen and oxygen atoms in total. The van der Waals surface area contributed by atoms with E-state index in [-0.39, 0.29) is 58.3 Å². The Hall–Kier alpha value is -2.95. The molecule has 16 heteroatoms. The normalized spacial score (nSPS) is 10.4. The van der Waals surface area contributed by atoms with Crippen molar-refractivity contribution in [3.05, 3.63) is 85.2 Å². The first-order chi connectivity index (χ1) is 23.6. The second-order valence-corrected chi connectivity index (χ2v) is 38.7. The summed E-state index contributed by atoms with van der Waals surface area (Å²) in [5, 5.41) is 42.2. The van der Waals surface area contributed by atoms with Crippen LogP contribution in [0.2, 0.25) is 103 Å². The van der Waals surface area contributed by atoms with Gasteiger partial charge in [-0.1, -0.05) is 127 Å². The molecule has 2 heterocycles. The number of nitrogens with zero attached hydrogens (tertiary/aromatic N) is 2. The molecule has 2 aromatic heterocycles. The van der Waals surface area contributed by atoms with E-state index in [0.29, 0.717) is 0 Å². The number of hydrogen-bond donors (Lipinski definition) is 0. The number of carbonyl (C=O) groups is 4. The van der Waals surface area contributed by atoms with Gasteiger partial charge >= 0.3 is 34.1 Å². The zero-order valence-corrected chi connectivity index (χ0v) is 39.6. The van der Waals surface area contributed by atoms with Gasteiger partial charge in [-0.3, -0.25) is 9.97 Å². The molecule has 0 aliphatic rings. The number of carboxylic acid groups (broad SMARTS) is 4. The summed E-state index contributed by atoms with van der Waals surface area (Å²) in [6.45, 7) is 24.0. The quantitative estimate of drug-likeness (QED) is 0.223. The summed E-state index contributed by atoms with van der Waals surface area (Å²) >= 11 is 0. The van der Waals surface area contributed by atoms with Crippen molar-refractivity contribution in [1.29, 1.82) is 0 Å². The van der Waals surface area contributed by atoms with Crippen LogP contribution in [0.3, 0.4) is 0 Å². The summed E-state index contributed by atoms with van der Waals surface area (Å²) in [5.74, 6) is -3.65. The Kier molecular flexibility index (Phi) is 30.4. The van der Waals surface area contributed by atoms with Gasteiger partial charge in [-0.2, -0.15) is 0 Å². The Balaban J connectivity index is -0.000000277. The van der Waals surface area contributed by atoms with Crippen LogP contribution in [0.4, 0.5) is 0 Å². The molecule has 0 bridgehead atoms. The third-order valence-electron chi connectivity index (χ3n) is 5.72. The van der Waals surface area contributed by atoms with Gasteiger partial charge in [0.25, 0.3) is 0 Å². The molecule has 4 rings (SSSR count). The fourth-order valence-electron chi connectivity index (χ4n) is 3.76. The van der Waals surface area contributed by atoms with Crippen LogP contribution >= 0.6 is 0 Å². The molecular weight excluding hydrogens is 852 g/mol. The van der Waals surface area contributed by atoms with Crippen molar-refractivity contribution < 1.29 is 73.7 Å². The molecule has 2 aromatic carbocycles. The number of hydrogen-bond acceptors (Lipinski definition) is 10. The molecule has 2 radical (unpaired) electrons. The SMILES string of the molecule is C[Si](C)(C)CC(=O)[O-].C[Si](C)(C)CC(=O)[O-].C[Si](C)(C)CC(=O)[O-].C[Si](C)(C)CC(=O)[O-].[Cu+2].[Cu+2].c1ccc2ncccc2c1.c1ccc2ncccc2c1. The second kappa shape index (κ2) is 28.5. The third-order valence-corrected chi connectivity index (χ3v) is 11.1. The first kappa shape index (κ1) is 57.8. The van der Waals surface area contributed by atoms with E-state index in [1.165, 1.54) is 10.8 Å². The summed E-state index contributed by atoms with van der Waals surface area (Å²) in [6, 6.07) is 25.3. The predicted octanol–water partition coefficient (Wildman–Crippen LogP) is 4.76. The summed E-state index contributed by atoms with van der Waals surface area (Å²) in [6.07, 6.45) is 3.62. The van der Waals surface area contributed by atoms with Crippen molar-refractivity contribution in [2.24, 2.45) is 0 Å². The number of carbonyl (C=O) groups excluding carboxylic acids is 4. The number of para-hydroxylation sites is 2. The molecule has 0 fully saturated rings. The molecule has 0 amide bonds. The fraction of sp³-hybridized carbons (Fsp3) is 0.421. The van der Waals surface area contributed by atoms with Gasteiger partial charge in [0.2, 0.25) is 0 Å². The second-order valence-electron chi connectivity index (χ2n) is 16.8. The van der Waals surface area contributed by atoms with Gasteiger partial charge in [0.05, 0.1) is 43.3 Å². The van der Waals surface area contributed by atoms with Gasteiger partial charge < -0.3 is 39.6 Å². The Labute approximate surface area is 347 Å². The molecular formula is C38H58Cu2N2O8Si4. The molecule has 0 N–H and O–H groups in total. The van der Waals surface area contributed by atoms with Crippen LogP contribution in [0.1, 0.15) is 0 Å². The summed E-state index contributed by atoms with van der Waals surface area (Å²) in [5.41, 5.74) is 2.12. The van der Waals surface area contributed by atoms with E-state index in [2.05, 4.69) is 34.2 Å². The van der Waals surface area contributed by atoms with Crippen molar-refractivity contribution >= 4 is 78.0 Å². The summed E-state index contributed by atoms with van der Waals surface area (Å²) in [4.78, 5) is 48.1. The van der Waals surface area contributed by atoms with Gasteiger partial charge in [0, 0.05) is 47.0 Å². The number of rotatable bonds is 8. The van der Waals surface area contributed by atoms with Crippen molar-refractivity contribution in [3.63, 3.8) is 0 Å². The number of carboxylic acids is 4. The van der Waals surface area contributed by atoms with Crippen LogP contribution in [-0.4, -0.2) is 66.1 Å². The number of aliphatic carboxylic acids is 4. The van der Waals surface area contributed by atoms with Crippen molar-refractivity contribution in [1.82, 2.24) is 9.97 Å². The molecule has 0 spiro atoms. The fourth-order valence-corrected chi connectivity index (χ4v) is 7.23. The molecule has 4 aromatic rings. The molecule has 0 atom stereocenters. The van der Waals surface area contributed by atoms with E-state index in [4.69, 9.17) is 0 Å². The first-order valence-electron chi connectivity index (χ1n) is 17.0. The maximum atomic E-state index is 9.94. The zero-order chi connectivity index (χ0) is 40.8. The van der Waals surface area contributed by atoms with E-state index < -0.39 is 56.2 Å². The molecule has 306 valence electrons. The number of benzene rings is 2. The topological polar surface area (TPSA) is 186 Å². The van der Waals surface area contributed by atoms with Gasteiger partial charge in [-0.05, 0) is 48.4 Å². The van der Waals surface area contributed by atoms with Crippen molar-refractivity contribution in [2.75, 3.05) is 0 Å². The Morgan fingerprint density at radius 1 is 0.407 bits per heavy atom. The molecule has 0 unspecified atom stereocenters. The number of pyridine rings is 2. The van der Waals surface area contributed by atoms with Gasteiger partial charge in [0.1, 0.15) is 0 Å². The minimum atomic E-state index is -1.38. The summed E-state index contributed by atoms with van der Waals surface area (Å²) in [7, 11) is -5.53. The van der Waals surface area contributed by atoms with Crippen LogP contribution in [0.5, 0.6) is 0 Å². The average Bonchev–Trinajstić information content (AvgIpc) is 2.94. The van der Waals surface area contributed by atoms with Gasteiger partial charge in [-0.15, -0.1) is 0 Å². The van der Waals surface area contributed by atoms with Gasteiger partial charge in [0.15, 0.2) is 0 Å². The molecule has 0 aliphatic heterocycles. The molecule has 54 heavy (non-hydrogen) atoms. The van der Waals surface area contributed by atoms with E-state index in [9.17, 15) is 39.6 Å². The molecule has 0 aliphatic carbocycles. The summed E-state index contributed by atoms with van der Waals surface area (Å²) < 4.78 is 0. The molecule has 0 saturated heterocycles. The standard InChI is InChI=1S/2C9H7N.4C5H12O2Si.2Cu/c2*1-2-6-9-8(4-1)5-3-7-10-9;4*1-8(2,3)4-5(6)7;;/h2*1-7H;4*4H2,1-3H3,(H,6,7);;/q;;;;;;2*+2/p-4. The van der Waals surface area contributed by atoms with Crippen LogP contribution in [0.25, 0.3) is 21.8 Å². The monoisotopic (exact) mass is 908 g/mol. The van der Waals surface area contributed by atoms with E-state index in [0.717, 1.165) is 11.0 Å². The smallest absolute Gasteiger partial charge is 0.550 e. The Morgan fingerprint density at radius 2 is 0.611 bits per heavy atom. The number of fused-ring (bicyclic) bond motifs is 2.